The lowest BCUT2D eigenvalue weighted by Crippen LogP contribution is -2.55. The zero-order valence-corrected chi connectivity index (χ0v) is 20.1. The number of carbonyl (C=O) groups excluding carboxylic acids is 1. The quantitative estimate of drug-likeness (QED) is 0.465. The summed E-state index contributed by atoms with van der Waals surface area (Å²) in [7, 11) is 1.32. The molecule has 0 unspecified atom stereocenters. The second kappa shape index (κ2) is 9.36. The number of hydrogen-bond acceptors (Lipinski definition) is 9. The number of hydrogen-bond donors (Lipinski definition) is 1. The fraction of sp³-hybridized carbons (Fsp3) is 0.478. The molecular formula is C23H27F2N5O3S. The lowest BCUT2D eigenvalue weighted by Gasteiger charge is -2.43. The van der Waals surface area contributed by atoms with E-state index in [1.807, 2.05) is 6.92 Å². The van der Waals surface area contributed by atoms with E-state index in [4.69, 9.17) is 15.2 Å². The molecule has 0 amide bonds. The van der Waals surface area contributed by atoms with Crippen molar-refractivity contribution < 1.29 is 23.0 Å². The molecule has 34 heavy (non-hydrogen) atoms. The molecule has 0 radical (unpaired) electrons. The minimum Gasteiger partial charge on any atom is -0.479 e. The van der Waals surface area contributed by atoms with Gasteiger partial charge in [-0.15, -0.1) is 0 Å². The largest absolute Gasteiger partial charge is 0.479 e. The number of benzene rings is 1. The van der Waals surface area contributed by atoms with Crippen molar-refractivity contribution in [2.75, 3.05) is 38.3 Å². The van der Waals surface area contributed by atoms with Gasteiger partial charge in [0.25, 0.3) is 5.88 Å². The van der Waals surface area contributed by atoms with E-state index in [9.17, 15) is 9.18 Å². The topological polar surface area (TPSA) is 103 Å². The number of nitrogens with zero attached hydrogens (tertiary/aromatic N) is 4. The number of halogens is 2. The number of fused-ring (bicyclic) bond motifs is 1. The van der Waals surface area contributed by atoms with Crippen molar-refractivity contribution in [2.24, 2.45) is 16.1 Å². The first-order valence-corrected chi connectivity index (χ1v) is 11.8. The van der Waals surface area contributed by atoms with Crippen LogP contribution in [0.2, 0.25) is 0 Å². The van der Waals surface area contributed by atoms with Gasteiger partial charge in [-0.25, -0.2) is 9.37 Å². The number of carbonyl (C=O) groups is 1. The van der Waals surface area contributed by atoms with Crippen molar-refractivity contribution in [3.63, 3.8) is 0 Å². The molecular weight excluding hydrogens is 464 g/mol. The van der Waals surface area contributed by atoms with Crippen LogP contribution in [0.5, 0.6) is 5.88 Å². The third-order valence-electron chi connectivity index (χ3n) is 6.31. The highest BCUT2D eigenvalue weighted by Crippen LogP contribution is 2.59. The van der Waals surface area contributed by atoms with E-state index < -0.39 is 27.8 Å². The third-order valence-corrected chi connectivity index (χ3v) is 7.74. The molecule has 0 bridgehead atoms. The molecule has 0 saturated carbocycles. The van der Waals surface area contributed by atoms with E-state index in [1.165, 1.54) is 20.1 Å². The number of rotatable bonds is 7. The minimum absolute atomic E-state index is 0.0128. The molecule has 0 spiro atoms. The molecule has 2 aliphatic rings. The Hall–Kier alpha value is -2.95. The van der Waals surface area contributed by atoms with Crippen LogP contribution in [0.4, 0.5) is 14.7 Å². The molecule has 3 heterocycles. The maximum absolute atomic E-state index is 15.3. The molecule has 8 nitrogen and oxygen atoms in total. The molecule has 2 atom stereocenters. The fourth-order valence-corrected chi connectivity index (χ4v) is 5.92. The van der Waals surface area contributed by atoms with Gasteiger partial charge in [0.05, 0.1) is 30.7 Å². The van der Waals surface area contributed by atoms with Gasteiger partial charge < -0.3 is 20.1 Å². The number of aryl methyl sites for hydroxylation is 1. The van der Waals surface area contributed by atoms with Crippen molar-refractivity contribution in [1.29, 1.82) is 0 Å². The van der Waals surface area contributed by atoms with Gasteiger partial charge in [0.1, 0.15) is 11.2 Å². The second-order valence-corrected chi connectivity index (χ2v) is 9.74. The van der Waals surface area contributed by atoms with Crippen LogP contribution in [-0.4, -0.2) is 54.5 Å². The normalized spacial score (nSPS) is 23.9. The van der Waals surface area contributed by atoms with Crippen LogP contribution >= 0.6 is 11.8 Å². The second-order valence-electron chi connectivity index (χ2n) is 8.42. The van der Waals surface area contributed by atoms with Gasteiger partial charge in [0.15, 0.2) is 5.17 Å². The molecule has 4 rings (SSSR count). The summed E-state index contributed by atoms with van der Waals surface area (Å²) in [5.74, 6) is -1.66. The predicted octanol–water partition coefficient (Wildman–Crippen LogP) is 3.18. The van der Waals surface area contributed by atoms with Crippen LogP contribution in [0.15, 0.2) is 29.3 Å². The lowest BCUT2D eigenvalue weighted by atomic mass is 9.73. The summed E-state index contributed by atoms with van der Waals surface area (Å²) in [6.45, 7) is 3.98. The average Bonchev–Trinajstić information content (AvgIpc) is 3.17. The standard InChI is InChI=1S/C23H27F2N5O3S/c1-4-5-10-33-19(31)22-11-27-20(26)34-23(22,15-8-6-7-9-16(15)24)13-30(12-22)21-28-14(2)17(25)18(29-21)32-3/h6-9H,4-5,10-13H2,1-3H3,(H2,26,27)/t22-,23+/m1/s1. The summed E-state index contributed by atoms with van der Waals surface area (Å²) in [6, 6.07) is 6.30. The monoisotopic (exact) mass is 491 g/mol. The van der Waals surface area contributed by atoms with Crippen LogP contribution in [0, 0.1) is 24.0 Å². The Labute approximate surface area is 200 Å². The lowest BCUT2D eigenvalue weighted by molar-refractivity contribution is -0.156. The SMILES string of the molecule is CCCCOC(=O)[C@]12CN=C(N)S[C@]1(c1ccccc1F)CN(c1nc(C)c(F)c(OC)n1)C2. The van der Waals surface area contributed by atoms with E-state index in [-0.39, 0.29) is 48.9 Å². The fourth-order valence-electron chi connectivity index (χ4n) is 4.53. The van der Waals surface area contributed by atoms with Gasteiger partial charge in [0, 0.05) is 18.7 Å². The molecule has 0 aliphatic carbocycles. The minimum atomic E-state index is -1.27. The number of ether oxygens (including phenoxy) is 2. The van der Waals surface area contributed by atoms with E-state index in [0.717, 1.165) is 18.2 Å². The Balaban J connectivity index is 1.87. The summed E-state index contributed by atoms with van der Waals surface area (Å²) < 4.78 is 39.2. The third kappa shape index (κ3) is 3.85. The van der Waals surface area contributed by atoms with E-state index in [0.29, 0.717) is 12.0 Å². The summed E-state index contributed by atoms with van der Waals surface area (Å²) in [4.78, 5) is 28.3. The smallest absolute Gasteiger partial charge is 0.317 e. The van der Waals surface area contributed by atoms with Gasteiger partial charge in [-0.2, -0.15) is 9.37 Å². The van der Waals surface area contributed by atoms with Crippen LogP contribution in [0.3, 0.4) is 0 Å². The Morgan fingerprint density at radius 1 is 1.26 bits per heavy atom. The van der Waals surface area contributed by atoms with Crippen LogP contribution in [0.1, 0.15) is 31.0 Å². The van der Waals surface area contributed by atoms with Crippen LogP contribution in [-0.2, 0) is 14.3 Å². The summed E-state index contributed by atoms with van der Waals surface area (Å²) in [6.07, 6.45) is 1.56. The molecule has 2 aliphatic heterocycles. The molecule has 1 fully saturated rings. The maximum Gasteiger partial charge on any atom is 0.317 e. The number of amidine groups is 1. The maximum atomic E-state index is 15.3. The number of unbranched alkanes of at least 4 members (excludes halogenated alkanes) is 1. The Bertz CT molecular complexity index is 1130. The number of esters is 1. The van der Waals surface area contributed by atoms with Crippen LogP contribution in [0.25, 0.3) is 0 Å². The zero-order valence-electron chi connectivity index (χ0n) is 19.3. The summed E-state index contributed by atoms with van der Waals surface area (Å²) >= 11 is 1.14. The summed E-state index contributed by atoms with van der Waals surface area (Å²) in [5, 5.41) is 0.246. The van der Waals surface area contributed by atoms with Gasteiger partial charge in [-0.05, 0) is 19.4 Å². The summed E-state index contributed by atoms with van der Waals surface area (Å²) in [5.41, 5.74) is 5.28. The average molecular weight is 492 g/mol. The molecule has 182 valence electrons. The number of aliphatic imine (C=N–C) groups is 1. The predicted molar refractivity (Wildman–Crippen MR) is 126 cm³/mol. The van der Waals surface area contributed by atoms with Gasteiger partial charge in [-0.1, -0.05) is 43.3 Å². The number of nitrogens with two attached hydrogens (primary N) is 1. The first-order chi connectivity index (χ1) is 16.3. The van der Waals surface area contributed by atoms with E-state index in [1.54, 1.807) is 23.1 Å². The molecule has 11 heteroatoms. The Morgan fingerprint density at radius 2 is 2.03 bits per heavy atom. The van der Waals surface area contributed by atoms with Gasteiger partial charge in [-0.3, -0.25) is 9.79 Å². The number of methoxy groups -OCH3 is 1. The molecule has 1 aromatic heterocycles. The van der Waals surface area contributed by atoms with Crippen molar-refractivity contribution in [3.8, 4) is 5.88 Å². The van der Waals surface area contributed by atoms with Crippen molar-refractivity contribution in [2.45, 2.75) is 31.4 Å². The van der Waals surface area contributed by atoms with Gasteiger partial charge in [0.2, 0.25) is 11.8 Å². The van der Waals surface area contributed by atoms with Crippen LogP contribution < -0.4 is 15.4 Å². The molecule has 1 aromatic carbocycles. The zero-order chi connectivity index (χ0) is 24.5. The highest BCUT2D eigenvalue weighted by atomic mass is 32.2. The molecule has 1 saturated heterocycles. The molecule has 2 N–H and O–H groups in total. The molecule has 2 aromatic rings. The highest BCUT2D eigenvalue weighted by Gasteiger charge is 2.67. The van der Waals surface area contributed by atoms with E-state index >= 15 is 4.39 Å². The van der Waals surface area contributed by atoms with Gasteiger partial charge >= 0.3 is 5.97 Å². The Kier molecular flexibility index (Phi) is 6.66. The van der Waals surface area contributed by atoms with E-state index in [2.05, 4.69) is 15.0 Å². The Morgan fingerprint density at radius 3 is 2.74 bits per heavy atom. The highest BCUT2D eigenvalue weighted by molar-refractivity contribution is 8.14. The first kappa shape index (κ1) is 24.2. The number of aromatic nitrogens is 2. The van der Waals surface area contributed by atoms with Crippen molar-refractivity contribution in [1.82, 2.24) is 9.97 Å². The van der Waals surface area contributed by atoms with Crippen molar-refractivity contribution >= 4 is 28.8 Å². The number of anilines is 1. The van der Waals surface area contributed by atoms with Crippen molar-refractivity contribution in [3.05, 3.63) is 47.2 Å². The first-order valence-electron chi connectivity index (χ1n) is 11.0. The number of thioether (sulfide) groups is 1.